The highest BCUT2D eigenvalue weighted by molar-refractivity contribution is 5.77. The number of methoxy groups -OCH3 is 1. The second-order valence-electron chi connectivity index (χ2n) is 6.63. The van der Waals surface area contributed by atoms with Gasteiger partial charge < -0.3 is 4.74 Å². The van der Waals surface area contributed by atoms with Crippen LogP contribution in [0.2, 0.25) is 0 Å². The molecule has 0 heterocycles. The maximum atomic E-state index is 11.9. The number of hydrogen-bond donors (Lipinski definition) is 0. The van der Waals surface area contributed by atoms with Gasteiger partial charge in [-0.3, -0.25) is 4.79 Å². The predicted octanol–water partition coefficient (Wildman–Crippen LogP) is 3.71. The van der Waals surface area contributed by atoms with E-state index in [1.807, 2.05) is 0 Å². The number of esters is 1. The molecule has 0 N–H and O–H groups in total. The molecule has 2 unspecified atom stereocenters. The Morgan fingerprint density at radius 1 is 1.41 bits per heavy atom. The Labute approximate surface area is 104 Å². The number of ether oxygens (including phenoxy) is 1. The van der Waals surface area contributed by atoms with Gasteiger partial charge >= 0.3 is 5.97 Å². The van der Waals surface area contributed by atoms with Crippen molar-refractivity contribution in [3.8, 4) is 0 Å². The van der Waals surface area contributed by atoms with Crippen LogP contribution < -0.4 is 0 Å². The molecule has 96 valence electrons. The molecule has 2 nitrogen and oxygen atoms in total. The molecule has 0 aromatic rings. The van der Waals surface area contributed by atoms with Gasteiger partial charge in [-0.05, 0) is 50.4 Å². The summed E-state index contributed by atoms with van der Waals surface area (Å²) in [6.07, 6.45) is 7.91. The third-order valence-electron chi connectivity index (χ3n) is 4.83. The molecule has 0 aromatic carbocycles. The first-order valence-electron chi connectivity index (χ1n) is 6.66. The summed E-state index contributed by atoms with van der Waals surface area (Å²) in [6, 6.07) is 0. The summed E-state index contributed by atoms with van der Waals surface area (Å²) in [5.41, 5.74) is 1.61. The lowest BCUT2D eigenvalue weighted by molar-refractivity contribution is -0.153. The number of rotatable bonds is 1. The minimum absolute atomic E-state index is 0.0471. The fourth-order valence-electron chi connectivity index (χ4n) is 3.55. The Hall–Kier alpha value is -0.790. The van der Waals surface area contributed by atoms with Gasteiger partial charge in [0.2, 0.25) is 0 Å². The van der Waals surface area contributed by atoms with E-state index in [1.165, 1.54) is 26.4 Å². The molecular weight excluding hydrogens is 212 g/mol. The van der Waals surface area contributed by atoms with Crippen molar-refractivity contribution in [1.29, 1.82) is 0 Å². The van der Waals surface area contributed by atoms with Crippen LogP contribution in [0.15, 0.2) is 11.6 Å². The van der Waals surface area contributed by atoms with Gasteiger partial charge in [0, 0.05) is 0 Å². The number of carbonyl (C=O) groups excluding carboxylic acids is 1. The highest BCUT2D eigenvalue weighted by Gasteiger charge is 2.46. The second-order valence-corrected chi connectivity index (χ2v) is 6.63. The maximum absolute atomic E-state index is 11.9. The van der Waals surface area contributed by atoms with Gasteiger partial charge in [0.25, 0.3) is 0 Å². The molecule has 2 heteroatoms. The maximum Gasteiger partial charge on any atom is 0.311 e. The van der Waals surface area contributed by atoms with Gasteiger partial charge in [-0.2, -0.15) is 0 Å². The third-order valence-corrected chi connectivity index (χ3v) is 4.83. The second kappa shape index (κ2) is 4.15. The summed E-state index contributed by atoms with van der Waals surface area (Å²) >= 11 is 0. The largest absolute Gasteiger partial charge is 0.469 e. The molecule has 17 heavy (non-hydrogen) atoms. The fourth-order valence-corrected chi connectivity index (χ4v) is 3.55. The summed E-state index contributed by atoms with van der Waals surface area (Å²) in [5, 5.41) is 0. The van der Waals surface area contributed by atoms with Crippen molar-refractivity contribution in [3.63, 3.8) is 0 Å². The molecule has 1 saturated carbocycles. The molecule has 0 radical (unpaired) electrons. The van der Waals surface area contributed by atoms with Crippen LogP contribution in [0.4, 0.5) is 0 Å². The normalized spacial score (nSPS) is 35.8. The quantitative estimate of drug-likeness (QED) is 0.512. The number of carbonyl (C=O) groups is 1. The smallest absolute Gasteiger partial charge is 0.311 e. The van der Waals surface area contributed by atoms with E-state index < -0.39 is 0 Å². The van der Waals surface area contributed by atoms with Crippen LogP contribution in [-0.2, 0) is 9.53 Å². The van der Waals surface area contributed by atoms with Crippen LogP contribution in [0.5, 0.6) is 0 Å². The molecule has 0 bridgehead atoms. The standard InChI is InChI=1S/C15H24O2/c1-14(2)8-5-6-11-7-9-15(3,10-12(11)14)13(16)17-4/h7,12H,5-6,8-10H2,1-4H3. The Bertz CT molecular complexity index is 354. The van der Waals surface area contributed by atoms with Gasteiger partial charge in [0.15, 0.2) is 0 Å². The van der Waals surface area contributed by atoms with E-state index in [-0.39, 0.29) is 11.4 Å². The Morgan fingerprint density at radius 2 is 2.12 bits per heavy atom. The van der Waals surface area contributed by atoms with Crippen molar-refractivity contribution >= 4 is 5.97 Å². The van der Waals surface area contributed by atoms with E-state index in [4.69, 9.17) is 4.74 Å². The molecule has 0 saturated heterocycles. The number of fused-ring (bicyclic) bond motifs is 1. The van der Waals surface area contributed by atoms with Crippen molar-refractivity contribution in [3.05, 3.63) is 11.6 Å². The summed E-state index contributed by atoms with van der Waals surface area (Å²) in [6.45, 7) is 6.73. The molecule has 2 rings (SSSR count). The monoisotopic (exact) mass is 236 g/mol. The van der Waals surface area contributed by atoms with Crippen LogP contribution in [-0.4, -0.2) is 13.1 Å². The zero-order valence-corrected chi connectivity index (χ0v) is 11.5. The molecule has 0 aliphatic heterocycles. The Kier molecular flexibility index (Phi) is 3.09. The highest BCUT2D eigenvalue weighted by atomic mass is 16.5. The number of hydrogen-bond acceptors (Lipinski definition) is 2. The lowest BCUT2D eigenvalue weighted by Crippen LogP contribution is -2.41. The first-order valence-corrected chi connectivity index (χ1v) is 6.66. The summed E-state index contributed by atoms with van der Waals surface area (Å²) in [4.78, 5) is 11.9. The SMILES string of the molecule is COC(=O)C1(C)CC=C2CCCC(C)(C)C2C1. The predicted molar refractivity (Wildman–Crippen MR) is 68.6 cm³/mol. The average molecular weight is 236 g/mol. The Balaban J connectivity index is 2.27. The molecule has 0 spiro atoms. The van der Waals surface area contributed by atoms with Crippen molar-refractivity contribution in [1.82, 2.24) is 0 Å². The van der Waals surface area contributed by atoms with Crippen molar-refractivity contribution in [2.45, 2.75) is 52.9 Å². The molecule has 2 atom stereocenters. The average Bonchev–Trinajstić information content (AvgIpc) is 2.29. The molecule has 0 aromatic heterocycles. The lowest BCUT2D eigenvalue weighted by atomic mass is 9.58. The van der Waals surface area contributed by atoms with Crippen molar-refractivity contribution in [2.24, 2.45) is 16.7 Å². The van der Waals surface area contributed by atoms with E-state index in [0.717, 1.165) is 12.8 Å². The van der Waals surface area contributed by atoms with Crippen LogP contribution in [0.25, 0.3) is 0 Å². The summed E-state index contributed by atoms with van der Waals surface area (Å²) in [5.74, 6) is 0.517. The fraction of sp³-hybridized carbons (Fsp3) is 0.800. The van der Waals surface area contributed by atoms with Gasteiger partial charge in [-0.15, -0.1) is 0 Å². The minimum atomic E-state index is -0.308. The van der Waals surface area contributed by atoms with Crippen LogP contribution in [0.3, 0.4) is 0 Å². The van der Waals surface area contributed by atoms with Crippen LogP contribution in [0, 0.1) is 16.7 Å². The summed E-state index contributed by atoms with van der Waals surface area (Å²) in [7, 11) is 1.50. The van der Waals surface area contributed by atoms with Gasteiger partial charge in [0.05, 0.1) is 12.5 Å². The molecular formula is C15H24O2. The third kappa shape index (κ3) is 2.14. The minimum Gasteiger partial charge on any atom is -0.469 e. The van der Waals surface area contributed by atoms with E-state index in [0.29, 0.717) is 11.3 Å². The zero-order valence-electron chi connectivity index (χ0n) is 11.5. The van der Waals surface area contributed by atoms with E-state index >= 15 is 0 Å². The lowest BCUT2D eigenvalue weighted by Gasteiger charge is -2.47. The van der Waals surface area contributed by atoms with Gasteiger partial charge in [-0.25, -0.2) is 0 Å². The van der Waals surface area contributed by atoms with Gasteiger partial charge in [-0.1, -0.05) is 25.5 Å². The first kappa shape index (κ1) is 12.7. The van der Waals surface area contributed by atoms with Crippen LogP contribution in [0.1, 0.15) is 52.9 Å². The van der Waals surface area contributed by atoms with Gasteiger partial charge in [0.1, 0.15) is 0 Å². The first-order chi connectivity index (χ1) is 7.89. The Morgan fingerprint density at radius 3 is 2.76 bits per heavy atom. The molecule has 0 amide bonds. The van der Waals surface area contributed by atoms with E-state index in [1.54, 1.807) is 5.57 Å². The topological polar surface area (TPSA) is 26.3 Å². The molecule has 2 aliphatic rings. The van der Waals surface area contributed by atoms with E-state index in [2.05, 4.69) is 26.8 Å². The van der Waals surface area contributed by atoms with E-state index in [9.17, 15) is 4.79 Å². The van der Waals surface area contributed by atoms with Crippen molar-refractivity contribution in [2.75, 3.05) is 7.11 Å². The zero-order chi connectivity index (χ0) is 12.7. The van der Waals surface area contributed by atoms with Crippen LogP contribution >= 0.6 is 0 Å². The van der Waals surface area contributed by atoms with Crippen molar-refractivity contribution < 1.29 is 9.53 Å². The number of allylic oxidation sites excluding steroid dienone is 2. The molecule has 1 fully saturated rings. The summed E-state index contributed by atoms with van der Waals surface area (Å²) < 4.78 is 4.97. The highest BCUT2D eigenvalue weighted by Crippen LogP contribution is 2.52. The molecule has 2 aliphatic carbocycles.